The molecule has 1 spiro atoms. The van der Waals surface area contributed by atoms with Crippen LogP contribution < -0.4 is 10.1 Å². The van der Waals surface area contributed by atoms with Gasteiger partial charge in [-0.2, -0.15) is 0 Å². The zero-order chi connectivity index (χ0) is 22.4. The molecule has 2 aliphatic rings. The highest BCUT2D eigenvalue weighted by molar-refractivity contribution is 6.72. The van der Waals surface area contributed by atoms with Gasteiger partial charge in [0.05, 0.1) is 18.9 Å². The van der Waals surface area contributed by atoms with Gasteiger partial charge in [0.1, 0.15) is 5.75 Å². The Hall–Kier alpha value is -2.30. The molecule has 31 heavy (non-hydrogen) atoms. The average molecular weight is 449 g/mol. The van der Waals surface area contributed by atoms with Gasteiger partial charge in [0.15, 0.2) is 5.60 Å². The third-order valence-electron chi connectivity index (χ3n) is 6.52. The lowest BCUT2D eigenvalue weighted by atomic mass is 9.82. The molecule has 1 aromatic carbocycles. The van der Waals surface area contributed by atoms with Gasteiger partial charge in [-0.15, -0.1) is 5.10 Å². The van der Waals surface area contributed by atoms with Crippen molar-refractivity contribution in [1.82, 2.24) is 15.0 Å². The quantitative estimate of drug-likeness (QED) is 0.499. The smallest absolute Gasteiger partial charge is 0.261 e. The third-order valence-corrected chi connectivity index (χ3v) is 8.98. The van der Waals surface area contributed by atoms with Crippen molar-refractivity contribution in [2.45, 2.75) is 56.7 Å². The number of aliphatic hydroxyl groups is 1. The fraction of sp³-hybridized carbons (Fsp3) is 0.571. The van der Waals surface area contributed by atoms with Crippen molar-refractivity contribution in [2.24, 2.45) is 5.92 Å². The standard InChI is InChI=1S/C21H29FN4O4Si/c1-13-19(31(3,4)22)18(7-9-26-12-14(8-10-27)24-25-26)30-21(13)16-11-15(29-2)5-6-17(16)23-20(21)28/h5-6,11-13,18-19,27H,7-10H2,1-4H3,(H,23,28)/t13-,18+,19-,21+/m0/s1. The second kappa shape index (κ2) is 7.99. The van der Waals surface area contributed by atoms with Gasteiger partial charge in [0.2, 0.25) is 8.41 Å². The molecule has 168 valence electrons. The first kappa shape index (κ1) is 21.9. The second-order valence-electron chi connectivity index (χ2n) is 8.87. The summed E-state index contributed by atoms with van der Waals surface area (Å²) in [7, 11) is -1.60. The summed E-state index contributed by atoms with van der Waals surface area (Å²) in [5.41, 5.74) is 0.491. The molecule has 10 heteroatoms. The maximum absolute atomic E-state index is 15.5. The van der Waals surface area contributed by atoms with Crippen molar-refractivity contribution >= 4 is 20.0 Å². The SMILES string of the molecule is COc1ccc2c(c1)[C@@]1(O[C@H](CCn3cc(CCO)nn3)[C@@H]([Si](C)(C)F)[C@@H]1C)C(=O)N2. The number of nitrogens with one attached hydrogen (secondary N) is 1. The highest BCUT2D eigenvalue weighted by atomic mass is 28.4. The number of halogens is 1. The Morgan fingerprint density at radius 3 is 2.87 bits per heavy atom. The predicted octanol–water partition coefficient (Wildman–Crippen LogP) is 2.64. The van der Waals surface area contributed by atoms with Crippen molar-refractivity contribution in [1.29, 1.82) is 0 Å². The summed E-state index contributed by atoms with van der Waals surface area (Å²) in [6, 6.07) is 5.40. The predicted molar refractivity (Wildman–Crippen MR) is 115 cm³/mol. The van der Waals surface area contributed by atoms with E-state index >= 15 is 4.11 Å². The summed E-state index contributed by atoms with van der Waals surface area (Å²) in [5.74, 6) is 0.0411. The number of ether oxygens (including phenoxy) is 2. The van der Waals surface area contributed by atoms with E-state index in [1.54, 1.807) is 43.2 Å². The maximum atomic E-state index is 15.5. The molecule has 4 atom stereocenters. The molecule has 4 rings (SSSR count). The van der Waals surface area contributed by atoms with Crippen LogP contribution >= 0.6 is 0 Å². The Morgan fingerprint density at radius 1 is 1.42 bits per heavy atom. The van der Waals surface area contributed by atoms with E-state index < -0.39 is 20.1 Å². The van der Waals surface area contributed by atoms with E-state index in [0.29, 0.717) is 42.1 Å². The van der Waals surface area contributed by atoms with Crippen LogP contribution in [-0.4, -0.2) is 54.2 Å². The molecule has 0 radical (unpaired) electrons. The van der Waals surface area contributed by atoms with Crippen molar-refractivity contribution < 1.29 is 23.5 Å². The van der Waals surface area contributed by atoms with Gasteiger partial charge >= 0.3 is 0 Å². The molecule has 2 N–H and O–H groups in total. The summed E-state index contributed by atoms with van der Waals surface area (Å²) in [4.78, 5) is 13.2. The number of amides is 1. The lowest BCUT2D eigenvalue weighted by Gasteiger charge is -2.30. The van der Waals surface area contributed by atoms with Gasteiger partial charge in [-0.3, -0.25) is 9.48 Å². The Kier molecular flexibility index (Phi) is 5.65. The summed E-state index contributed by atoms with van der Waals surface area (Å²) in [6.07, 6.45) is 2.28. The van der Waals surface area contributed by atoms with Gasteiger partial charge in [-0.05, 0) is 37.7 Å². The van der Waals surface area contributed by atoms with Crippen molar-refractivity contribution in [3.63, 3.8) is 0 Å². The third kappa shape index (κ3) is 3.66. The molecular formula is C21H29FN4O4Si. The summed E-state index contributed by atoms with van der Waals surface area (Å²) in [5, 5.41) is 20.1. The minimum Gasteiger partial charge on any atom is -0.497 e. The van der Waals surface area contributed by atoms with Gasteiger partial charge < -0.3 is 24.0 Å². The van der Waals surface area contributed by atoms with E-state index in [0.717, 1.165) is 0 Å². The first-order chi connectivity index (χ1) is 14.7. The largest absolute Gasteiger partial charge is 0.497 e. The molecule has 0 aliphatic carbocycles. The van der Waals surface area contributed by atoms with E-state index in [-0.39, 0.29) is 24.0 Å². The average Bonchev–Trinajstić information content (AvgIpc) is 3.36. The number of fused-ring (bicyclic) bond motifs is 2. The zero-order valence-corrected chi connectivity index (χ0v) is 19.3. The number of hydrogen-bond donors (Lipinski definition) is 2. The van der Waals surface area contributed by atoms with Crippen LogP contribution in [0.1, 0.15) is 24.6 Å². The molecule has 0 bridgehead atoms. The van der Waals surface area contributed by atoms with Crippen molar-refractivity contribution in [3.8, 4) is 5.75 Å². The number of aliphatic hydroxyl groups excluding tert-OH is 1. The number of anilines is 1. The Balaban J connectivity index is 1.65. The van der Waals surface area contributed by atoms with Crippen LogP contribution in [0.5, 0.6) is 5.75 Å². The van der Waals surface area contributed by atoms with Gasteiger partial charge in [-0.1, -0.05) is 12.1 Å². The topological polar surface area (TPSA) is 98.5 Å². The number of carbonyl (C=O) groups excluding carboxylic acids is 1. The lowest BCUT2D eigenvalue weighted by Crippen LogP contribution is -2.41. The van der Waals surface area contributed by atoms with E-state index in [4.69, 9.17) is 14.6 Å². The molecule has 1 aromatic heterocycles. The Morgan fingerprint density at radius 2 is 2.19 bits per heavy atom. The maximum Gasteiger partial charge on any atom is 0.261 e. The normalized spacial score (nSPS) is 27.5. The van der Waals surface area contributed by atoms with Crippen LogP contribution in [0.25, 0.3) is 0 Å². The minimum absolute atomic E-state index is 0.00611. The van der Waals surface area contributed by atoms with E-state index in [2.05, 4.69) is 15.6 Å². The van der Waals surface area contributed by atoms with Crippen LogP contribution in [0.2, 0.25) is 18.6 Å². The van der Waals surface area contributed by atoms with Crippen LogP contribution in [0, 0.1) is 5.92 Å². The minimum atomic E-state index is -3.18. The molecule has 3 heterocycles. The molecule has 1 fully saturated rings. The number of aryl methyl sites for hydroxylation is 1. The molecule has 0 saturated carbocycles. The first-order valence-electron chi connectivity index (χ1n) is 10.6. The number of nitrogens with zero attached hydrogens (tertiary/aromatic N) is 3. The van der Waals surface area contributed by atoms with Crippen LogP contribution in [0.15, 0.2) is 24.4 Å². The van der Waals surface area contributed by atoms with E-state index in [9.17, 15) is 4.79 Å². The number of aromatic nitrogens is 3. The zero-order valence-electron chi connectivity index (χ0n) is 18.3. The fourth-order valence-corrected chi connectivity index (χ4v) is 7.72. The summed E-state index contributed by atoms with van der Waals surface area (Å²) >= 11 is 0. The number of hydrogen-bond acceptors (Lipinski definition) is 6. The molecule has 2 aliphatic heterocycles. The van der Waals surface area contributed by atoms with Gasteiger partial charge in [0.25, 0.3) is 5.91 Å². The summed E-state index contributed by atoms with van der Waals surface area (Å²) < 4.78 is 29.1. The van der Waals surface area contributed by atoms with Gasteiger partial charge in [0, 0.05) is 48.5 Å². The molecule has 2 aromatic rings. The van der Waals surface area contributed by atoms with E-state index in [1.807, 2.05) is 13.0 Å². The highest BCUT2D eigenvalue weighted by Crippen LogP contribution is 2.59. The number of benzene rings is 1. The number of carbonyl (C=O) groups is 1. The highest BCUT2D eigenvalue weighted by Gasteiger charge is 2.65. The van der Waals surface area contributed by atoms with Crippen molar-refractivity contribution in [3.05, 3.63) is 35.7 Å². The molecule has 8 nitrogen and oxygen atoms in total. The molecule has 1 amide bonds. The number of methoxy groups -OCH3 is 1. The van der Waals surface area contributed by atoms with E-state index in [1.165, 1.54) is 0 Å². The van der Waals surface area contributed by atoms with Crippen LogP contribution in [0.3, 0.4) is 0 Å². The Labute approximate surface area is 181 Å². The Bertz CT molecular complexity index is 979. The van der Waals surface area contributed by atoms with Crippen molar-refractivity contribution in [2.75, 3.05) is 19.0 Å². The van der Waals surface area contributed by atoms with Crippen LogP contribution in [-0.2, 0) is 28.1 Å². The molecule has 0 unspecified atom stereocenters. The second-order valence-corrected chi connectivity index (χ2v) is 12.7. The first-order valence-corrected chi connectivity index (χ1v) is 13.5. The fourth-order valence-electron chi connectivity index (χ4n) is 5.18. The lowest BCUT2D eigenvalue weighted by molar-refractivity contribution is -0.143. The van der Waals surface area contributed by atoms with Crippen LogP contribution in [0.4, 0.5) is 9.80 Å². The van der Waals surface area contributed by atoms with Gasteiger partial charge in [-0.25, -0.2) is 0 Å². The molecule has 1 saturated heterocycles. The molecular weight excluding hydrogens is 419 g/mol. The monoisotopic (exact) mass is 448 g/mol. The summed E-state index contributed by atoms with van der Waals surface area (Å²) in [6.45, 7) is 5.77. The number of rotatable bonds is 7.